The van der Waals surface area contributed by atoms with Crippen LogP contribution in [0.3, 0.4) is 0 Å². The van der Waals surface area contributed by atoms with E-state index >= 15 is 0 Å². The molecule has 2 aliphatic heterocycles. The average Bonchev–Trinajstić information content (AvgIpc) is 3.00. The maximum atomic E-state index is 13.1. The number of aliphatic hydroxyl groups excluding tert-OH is 3. The lowest BCUT2D eigenvalue weighted by atomic mass is 10.00. The van der Waals surface area contributed by atoms with Gasteiger partial charge < -0.3 is 20.2 Å². The quantitative estimate of drug-likeness (QED) is 0.720. The number of nitrogens with zero attached hydrogens (tertiary/aromatic N) is 3. The number of β-amino-alcohol motifs (C(OH)–C–C–N with tert-alkyl or cyclic N) is 2. The Morgan fingerprint density at radius 3 is 2.44 bits per heavy atom. The van der Waals surface area contributed by atoms with Crippen molar-refractivity contribution in [3.63, 3.8) is 0 Å². The molecule has 2 saturated heterocycles. The molecule has 0 saturated carbocycles. The van der Waals surface area contributed by atoms with Gasteiger partial charge in [-0.1, -0.05) is 0 Å². The van der Waals surface area contributed by atoms with Gasteiger partial charge in [-0.15, -0.1) is 0 Å². The summed E-state index contributed by atoms with van der Waals surface area (Å²) in [6.45, 7) is 2.04. The number of pyridine rings is 1. The second-order valence-corrected chi connectivity index (χ2v) is 6.84. The molecule has 0 amide bonds. The van der Waals surface area contributed by atoms with E-state index in [1.165, 1.54) is 12.3 Å². The van der Waals surface area contributed by atoms with E-state index in [2.05, 4.69) is 4.98 Å². The van der Waals surface area contributed by atoms with Gasteiger partial charge >= 0.3 is 6.18 Å². The van der Waals surface area contributed by atoms with Crippen molar-refractivity contribution in [3.05, 3.63) is 24.0 Å². The molecule has 0 aromatic carbocycles. The zero-order chi connectivity index (χ0) is 18.2. The maximum absolute atomic E-state index is 13.1. The second kappa shape index (κ2) is 7.06. The van der Waals surface area contributed by atoms with E-state index in [4.69, 9.17) is 0 Å². The molecule has 6 nitrogen and oxygen atoms in total. The van der Waals surface area contributed by atoms with Gasteiger partial charge in [0.2, 0.25) is 0 Å². The molecule has 1 aromatic heterocycles. The third-order valence-electron chi connectivity index (χ3n) is 4.93. The van der Waals surface area contributed by atoms with Gasteiger partial charge in [0.1, 0.15) is 6.10 Å². The fourth-order valence-electron chi connectivity index (χ4n) is 3.67. The normalized spacial score (nSPS) is 31.5. The molecule has 4 atom stereocenters. The van der Waals surface area contributed by atoms with Crippen molar-refractivity contribution in [3.8, 4) is 0 Å². The van der Waals surface area contributed by atoms with Crippen molar-refractivity contribution >= 4 is 5.69 Å². The second-order valence-electron chi connectivity index (χ2n) is 6.84. The van der Waals surface area contributed by atoms with Gasteiger partial charge in [-0.05, 0) is 18.4 Å². The third kappa shape index (κ3) is 4.05. The van der Waals surface area contributed by atoms with Crippen molar-refractivity contribution < 1.29 is 28.5 Å². The fraction of sp³-hybridized carbons (Fsp3) is 0.688. The zero-order valence-electron chi connectivity index (χ0n) is 13.6. The largest absolute Gasteiger partial charge is 0.419 e. The van der Waals surface area contributed by atoms with Gasteiger partial charge in [0.25, 0.3) is 0 Å². The number of anilines is 1. The molecule has 0 unspecified atom stereocenters. The Balaban J connectivity index is 1.63. The smallest absolute Gasteiger partial charge is 0.389 e. The Morgan fingerprint density at radius 2 is 1.80 bits per heavy atom. The first-order valence-electron chi connectivity index (χ1n) is 8.28. The van der Waals surface area contributed by atoms with E-state index in [-0.39, 0.29) is 24.7 Å². The Labute approximate surface area is 143 Å². The van der Waals surface area contributed by atoms with Gasteiger partial charge in [-0.25, -0.2) is 0 Å². The first-order valence-corrected chi connectivity index (χ1v) is 8.28. The molecular weight excluding hydrogens is 339 g/mol. The standard InChI is InChI=1S/C16H22F3N3O3/c17-16(18,19)11-5-20-3-1-12(11)22-4-2-10(7-22)6-21-8-13(23)15(25)14(24)9-21/h1,3,5,10,13-15,23-25H,2,4,6-9H2/t10-,13-,14+,15+/m1/s1. The summed E-state index contributed by atoms with van der Waals surface area (Å²) in [7, 11) is 0. The van der Waals surface area contributed by atoms with Crippen LogP contribution < -0.4 is 4.90 Å². The summed E-state index contributed by atoms with van der Waals surface area (Å²) in [5.74, 6) is 0.129. The number of piperidine rings is 1. The summed E-state index contributed by atoms with van der Waals surface area (Å²) >= 11 is 0. The summed E-state index contributed by atoms with van der Waals surface area (Å²) in [5.41, 5.74) is -0.596. The van der Waals surface area contributed by atoms with Crippen LogP contribution >= 0.6 is 0 Å². The van der Waals surface area contributed by atoms with E-state index in [0.29, 0.717) is 19.6 Å². The Morgan fingerprint density at radius 1 is 1.12 bits per heavy atom. The van der Waals surface area contributed by atoms with E-state index in [9.17, 15) is 28.5 Å². The van der Waals surface area contributed by atoms with Crippen molar-refractivity contribution in [1.29, 1.82) is 0 Å². The summed E-state index contributed by atoms with van der Waals surface area (Å²) in [4.78, 5) is 7.15. The molecule has 1 aromatic rings. The lowest BCUT2D eigenvalue weighted by molar-refractivity contribution is -0.137. The van der Waals surface area contributed by atoms with Crippen LogP contribution in [0.2, 0.25) is 0 Å². The number of aliphatic hydroxyl groups is 3. The molecule has 2 fully saturated rings. The predicted molar refractivity (Wildman–Crippen MR) is 84.0 cm³/mol. The van der Waals surface area contributed by atoms with Crippen molar-refractivity contribution in [2.75, 3.05) is 37.6 Å². The van der Waals surface area contributed by atoms with E-state index in [1.807, 2.05) is 4.90 Å². The highest BCUT2D eigenvalue weighted by atomic mass is 19.4. The minimum Gasteiger partial charge on any atom is -0.389 e. The number of hydrogen-bond acceptors (Lipinski definition) is 6. The molecule has 9 heteroatoms. The molecule has 0 aliphatic carbocycles. The highest BCUT2D eigenvalue weighted by Crippen LogP contribution is 2.37. The number of likely N-dealkylation sites (tertiary alicyclic amines) is 1. The Bertz CT molecular complexity index is 589. The average molecular weight is 361 g/mol. The predicted octanol–water partition coefficient (Wildman–Crippen LogP) is 0.325. The van der Waals surface area contributed by atoms with Crippen molar-refractivity contribution in [2.45, 2.75) is 30.9 Å². The van der Waals surface area contributed by atoms with Gasteiger partial charge in [-0.2, -0.15) is 13.2 Å². The topological polar surface area (TPSA) is 80.1 Å². The highest BCUT2D eigenvalue weighted by Gasteiger charge is 2.38. The molecular formula is C16H22F3N3O3. The summed E-state index contributed by atoms with van der Waals surface area (Å²) in [5, 5.41) is 29.1. The molecule has 3 rings (SSSR count). The van der Waals surface area contributed by atoms with Gasteiger partial charge in [-0.3, -0.25) is 9.88 Å². The number of rotatable bonds is 3. The van der Waals surface area contributed by atoms with Crippen LogP contribution in [-0.4, -0.2) is 76.2 Å². The Kier molecular flexibility index (Phi) is 5.19. The Hall–Kier alpha value is -1.42. The third-order valence-corrected chi connectivity index (χ3v) is 4.93. The number of alkyl halides is 3. The number of aromatic nitrogens is 1. The van der Waals surface area contributed by atoms with Crippen LogP contribution in [0.15, 0.2) is 18.5 Å². The zero-order valence-corrected chi connectivity index (χ0v) is 13.6. The SMILES string of the molecule is O[C@H]1[C@H](O)CN(C[C@H]2CCN(c3ccncc3C(F)(F)F)C2)C[C@@H]1O. The van der Waals surface area contributed by atoms with Crippen LogP contribution in [-0.2, 0) is 6.18 Å². The fourth-order valence-corrected chi connectivity index (χ4v) is 3.67. The number of hydrogen-bond donors (Lipinski definition) is 3. The summed E-state index contributed by atoms with van der Waals surface area (Å²) in [6, 6.07) is 1.38. The van der Waals surface area contributed by atoms with Crippen LogP contribution in [0.25, 0.3) is 0 Å². The lowest BCUT2D eigenvalue weighted by Gasteiger charge is -2.38. The maximum Gasteiger partial charge on any atom is 0.419 e. The molecule has 3 N–H and O–H groups in total. The highest BCUT2D eigenvalue weighted by molar-refractivity contribution is 5.54. The van der Waals surface area contributed by atoms with E-state index in [0.717, 1.165) is 12.6 Å². The summed E-state index contributed by atoms with van der Waals surface area (Å²) in [6.07, 6.45) is -4.69. The summed E-state index contributed by atoms with van der Waals surface area (Å²) < 4.78 is 39.4. The van der Waals surface area contributed by atoms with Gasteiger partial charge in [0, 0.05) is 45.1 Å². The monoisotopic (exact) mass is 361 g/mol. The molecule has 3 heterocycles. The van der Waals surface area contributed by atoms with Crippen LogP contribution in [0, 0.1) is 5.92 Å². The minimum absolute atomic E-state index is 0.129. The van der Waals surface area contributed by atoms with Crippen LogP contribution in [0.1, 0.15) is 12.0 Å². The molecule has 0 spiro atoms. The molecule has 0 bridgehead atoms. The van der Waals surface area contributed by atoms with Gasteiger partial charge in [0.05, 0.1) is 23.5 Å². The van der Waals surface area contributed by atoms with Crippen molar-refractivity contribution in [2.24, 2.45) is 5.92 Å². The van der Waals surface area contributed by atoms with Gasteiger partial charge in [0.15, 0.2) is 0 Å². The van der Waals surface area contributed by atoms with Crippen LogP contribution in [0.4, 0.5) is 18.9 Å². The molecule has 2 aliphatic rings. The minimum atomic E-state index is -4.45. The number of halogens is 3. The van der Waals surface area contributed by atoms with E-state index in [1.54, 1.807) is 4.90 Å². The van der Waals surface area contributed by atoms with Crippen molar-refractivity contribution in [1.82, 2.24) is 9.88 Å². The first-order chi connectivity index (χ1) is 11.8. The first kappa shape index (κ1) is 18.4. The molecule has 140 valence electrons. The molecule has 25 heavy (non-hydrogen) atoms. The lowest BCUT2D eigenvalue weighted by Crippen LogP contribution is -2.56. The molecule has 0 radical (unpaired) electrons. The van der Waals surface area contributed by atoms with Crippen LogP contribution in [0.5, 0.6) is 0 Å². The van der Waals surface area contributed by atoms with E-state index < -0.39 is 30.1 Å².